The van der Waals surface area contributed by atoms with Crippen molar-refractivity contribution < 1.29 is 128 Å². The van der Waals surface area contributed by atoms with E-state index in [2.05, 4.69) is 30.5 Å². The number of halogens is 1. The van der Waals surface area contributed by atoms with Crippen LogP contribution in [0.3, 0.4) is 0 Å². The fourth-order valence-corrected chi connectivity index (χ4v) is 6.09. The van der Waals surface area contributed by atoms with Gasteiger partial charge in [-0.1, -0.05) is 12.1 Å². The van der Waals surface area contributed by atoms with Crippen molar-refractivity contribution in [1.29, 1.82) is 0 Å². The van der Waals surface area contributed by atoms with Crippen molar-refractivity contribution in [3.05, 3.63) is 84.1 Å². The van der Waals surface area contributed by atoms with Gasteiger partial charge in [0.1, 0.15) is 30.4 Å². The minimum absolute atomic E-state index is 0. The topological polar surface area (TPSA) is 250 Å². The molecule has 16 nitrogen and oxygen atoms in total. The molecule has 0 spiro atoms. The number of hydrogen-bond acceptors (Lipinski definition) is 16. The van der Waals surface area contributed by atoms with Crippen LogP contribution in [0.5, 0.6) is 0 Å². The van der Waals surface area contributed by atoms with Crippen molar-refractivity contribution in [3.8, 4) is 0 Å². The molecule has 0 atom stereocenters. The summed E-state index contributed by atoms with van der Waals surface area (Å²) in [7, 11) is -13.2. The van der Waals surface area contributed by atoms with Crippen LogP contribution in [0, 0.1) is 0 Å². The zero-order valence-electron chi connectivity index (χ0n) is 26.0. The summed E-state index contributed by atoms with van der Waals surface area (Å²) in [5.41, 5.74) is 1.34. The van der Waals surface area contributed by atoms with Gasteiger partial charge in [0, 0.05) is 18.4 Å². The maximum Gasteiger partial charge on any atom is 1.00 e. The molecule has 0 amide bonds. The van der Waals surface area contributed by atoms with E-state index in [0.29, 0.717) is 17.4 Å². The Morgan fingerprint density at radius 2 is 1.31 bits per heavy atom. The van der Waals surface area contributed by atoms with E-state index < -0.39 is 45.0 Å². The van der Waals surface area contributed by atoms with E-state index in [1.165, 1.54) is 30.3 Å². The van der Waals surface area contributed by atoms with Gasteiger partial charge in [0.05, 0.1) is 26.1 Å². The van der Waals surface area contributed by atoms with Crippen LogP contribution >= 0.6 is 11.6 Å². The molecule has 0 aliphatic rings. The molecule has 0 unspecified atom stereocenters. The standard InChI is InChI=1S/C26H20ClN7O9S3.3Na/c1-34(26-30-24(27)29-25(31-26)28-17-3-2-4-20(13-17)44(35,36)37)19-8-5-16(6-9-19)32-33-18-7-10-22-15(11-18)12-21(45(38,39)40)14-23(22)46(41,42)43;;;/h2-14H,1H3,(H,35,36,37)(H,38,39,40)(H,41,42,43)(H,28,29,30,31);;;/q;3*+1/p-3. The van der Waals surface area contributed by atoms with Gasteiger partial charge in [-0.15, -0.1) is 0 Å². The van der Waals surface area contributed by atoms with E-state index in [9.17, 15) is 38.9 Å². The van der Waals surface area contributed by atoms with Gasteiger partial charge >= 0.3 is 88.7 Å². The van der Waals surface area contributed by atoms with Crippen LogP contribution in [0.25, 0.3) is 10.8 Å². The molecule has 0 fully saturated rings. The largest absolute Gasteiger partial charge is 1.00 e. The van der Waals surface area contributed by atoms with Gasteiger partial charge in [0.25, 0.3) is 0 Å². The average molecular weight is 772 g/mol. The number of benzene rings is 4. The number of nitrogens with one attached hydrogen (secondary N) is 1. The van der Waals surface area contributed by atoms with Gasteiger partial charge in [0.15, 0.2) is 0 Å². The minimum atomic E-state index is -5.10. The Morgan fingerprint density at radius 3 is 1.92 bits per heavy atom. The van der Waals surface area contributed by atoms with Gasteiger partial charge in [-0.25, -0.2) is 25.3 Å². The molecule has 49 heavy (non-hydrogen) atoms. The average Bonchev–Trinajstić information content (AvgIpc) is 2.97. The molecule has 0 bridgehead atoms. The van der Waals surface area contributed by atoms with Crippen LogP contribution in [0.4, 0.5) is 34.6 Å². The quantitative estimate of drug-likeness (QED) is 0.0841. The minimum Gasteiger partial charge on any atom is -0.744 e. The number of hydrogen-bond donors (Lipinski definition) is 1. The van der Waals surface area contributed by atoms with Gasteiger partial charge in [-0.05, 0) is 89.1 Å². The second-order valence-electron chi connectivity index (χ2n) is 9.35. The zero-order chi connectivity index (χ0) is 33.4. The number of aromatic nitrogens is 3. The maximum atomic E-state index is 11.7. The summed E-state index contributed by atoms with van der Waals surface area (Å²) in [5.74, 6) is 0.0858. The number of rotatable bonds is 9. The van der Waals surface area contributed by atoms with Crippen molar-refractivity contribution in [2.24, 2.45) is 10.2 Å². The van der Waals surface area contributed by atoms with E-state index in [1.807, 2.05) is 0 Å². The Kier molecular flexibility index (Phi) is 15.3. The third-order valence-corrected chi connectivity index (χ3v) is 8.91. The molecule has 0 radical (unpaired) electrons. The SMILES string of the molecule is CN(c1ccc(N=Nc2ccc3c(S(=O)(=O)[O-])cc(S(=O)(=O)[O-])cc3c2)cc1)c1nc(Cl)nc(Nc2cccc(S(=O)(=O)[O-])c2)n1.[Na+].[Na+].[Na+]. The summed E-state index contributed by atoms with van der Waals surface area (Å²) in [6.45, 7) is 0. The molecule has 238 valence electrons. The van der Waals surface area contributed by atoms with Crippen molar-refractivity contribution >= 4 is 87.4 Å². The van der Waals surface area contributed by atoms with Gasteiger partial charge in [-0.3, -0.25) is 0 Å². The van der Waals surface area contributed by atoms with Gasteiger partial charge in [0.2, 0.25) is 17.2 Å². The molecule has 0 saturated heterocycles. The molecular weight excluding hydrogens is 755 g/mol. The van der Waals surface area contributed by atoms with E-state index >= 15 is 0 Å². The van der Waals surface area contributed by atoms with Crippen molar-refractivity contribution in [1.82, 2.24) is 15.0 Å². The van der Waals surface area contributed by atoms with Crippen LogP contribution < -0.4 is 98.9 Å². The van der Waals surface area contributed by atoms with E-state index in [-0.39, 0.29) is 128 Å². The fourth-order valence-electron chi connectivity index (χ4n) is 4.09. The molecule has 1 heterocycles. The summed E-state index contributed by atoms with van der Waals surface area (Å²) in [6, 6.07) is 17.0. The van der Waals surface area contributed by atoms with Crippen LogP contribution in [0.15, 0.2) is 104 Å². The summed E-state index contributed by atoms with van der Waals surface area (Å²) >= 11 is 6.08. The number of fused-ring (bicyclic) bond motifs is 1. The molecule has 4 aromatic carbocycles. The molecule has 0 aliphatic heterocycles. The number of azo groups is 1. The van der Waals surface area contributed by atoms with Crippen LogP contribution in [-0.2, 0) is 30.4 Å². The Balaban J connectivity index is 0.00000278. The predicted octanol–water partition coefficient (Wildman–Crippen LogP) is -4.67. The van der Waals surface area contributed by atoms with E-state index in [0.717, 1.165) is 18.2 Å². The zero-order valence-corrected chi connectivity index (χ0v) is 35.2. The van der Waals surface area contributed by atoms with Crippen molar-refractivity contribution in [2.75, 3.05) is 17.3 Å². The number of anilines is 4. The molecule has 1 N–H and O–H groups in total. The maximum absolute atomic E-state index is 11.7. The monoisotopic (exact) mass is 771 g/mol. The molecular formula is C26H17ClN7Na3O9S3. The predicted molar refractivity (Wildman–Crippen MR) is 161 cm³/mol. The Bertz CT molecular complexity index is 2370. The first-order valence-electron chi connectivity index (χ1n) is 12.5. The smallest absolute Gasteiger partial charge is 0.744 e. The summed E-state index contributed by atoms with van der Waals surface area (Å²) in [6.07, 6.45) is 0. The molecule has 5 rings (SSSR count). The third-order valence-electron chi connectivity index (χ3n) is 6.22. The fraction of sp³-hybridized carbons (Fsp3) is 0.0385. The Labute approximate surface area is 351 Å². The molecule has 0 aliphatic carbocycles. The summed E-state index contributed by atoms with van der Waals surface area (Å²) in [4.78, 5) is 11.7. The molecule has 5 aromatic rings. The Morgan fingerprint density at radius 1 is 0.694 bits per heavy atom. The first-order chi connectivity index (χ1) is 21.5. The molecule has 1 aromatic heterocycles. The van der Waals surface area contributed by atoms with Crippen molar-refractivity contribution in [2.45, 2.75) is 14.7 Å². The van der Waals surface area contributed by atoms with Gasteiger partial charge in [-0.2, -0.15) is 25.2 Å². The summed E-state index contributed by atoms with van der Waals surface area (Å²) in [5, 5.41) is 10.7. The second kappa shape index (κ2) is 17.3. The van der Waals surface area contributed by atoms with Gasteiger partial charge < -0.3 is 23.9 Å². The Hall–Kier alpha value is -1.63. The normalized spacial score (nSPS) is 11.7. The summed E-state index contributed by atoms with van der Waals surface area (Å²) < 4.78 is 104. The second-order valence-corrected chi connectivity index (χ2v) is 13.8. The van der Waals surface area contributed by atoms with Crippen LogP contribution in [-0.4, -0.2) is 60.9 Å². The van der Waals surface area contributed by atoms with E-state index in [4.69, 9.17) is 11.6 Å². The third kappa shape index (κ3) is 11.2. The molecule has 23 heteroatoms. The first kappa shape index (κ1) is 43.5. The number of nitrogens with zero attached hydrogens (tertiary/aromatic N) is 6. The van der Waals surface area contributed by atoms with Crippen LogP contribution in [0.2, 0.25) is 5.28 Å². The van der Waals surface area contributed by atoms with Crippen molar-refractivity contribution in [3.63, 3.8) is 0 Å². The van der Waals surface area contributed by atoms with Crippen LogP contribution in [0.1, 0.15) is 0 Å². The van der Waals surface area contributed by atoms with E-state index in [1.54, 1.807) is 36.2 Å². The first-order valence-corrected chi connectivity index (χ1v) is 17.1. The molecule has 0 saturated carbocycles.